The molecule has 1 heterocycles. The van der Waals surface area contributed by atoms with E-state index in [0.717, 1.165) is 39.4 Å². The Labute approximate surface area is 198 Å². The average molecular weight is 450 g/mol. The van der Waals surface area contributed by atoms with E-state index in [2.05, 4.69) is 18.2 Å². The number of methoxy groups -OCH3 is 2. The minimum absolute atomic E-state index is 0.624. The summed E-state index contributed by atoms with van der Waals surface area (Å²) in [5.74, 6) is 2.16. The van der Waals surface area contributed by atoms with Gasteiger partial charge in [-0.15, -0.1) is 0 Å². The lowest BCUT2D eigenvalue weighted by molar-refractivity contribution is -0.734. The van der Waals surface area contributed by atoms with Gasteiger partial charge in [-0.1, -0.05) is 48.5 Å². The van der Waals surface area contributed by atoms with Crippen molar-refractivity contribution >= 4 is 0 Å². The van der Waals surface area contributed by atoms with Gasteiger partial charge >= 0.3 is 5.82 Å². The lowest BCUT2D eigenvalue weighted by Crippen LogP contribution is -2.43. The van der Waals surface area contributed by atoms with Crippen molar-refractivity contribution in [1.29, 1.82) is 0 Å². The molecular weight excluding hydrogens is 424 g/mol. The molecule has 168 valence electrons. The molecule has 0 unspecified atom stereocenters. The zero-order chi connectivity index (χ0) is 23.5. The van der Waals surface area contributed by atoms with Crippen LogP contribution < -0.4 is 14.3 Å². The first-order valence-electron chi connectivity index (χ1n) is 11.0. The molecule has 0 atom stereocenters. The average Bonchev–Trinajstić information content (AvgIpc) is 3.35. The Morgan fingerprint density at radius 3 is 1.97 bits per heavy atom. The van der Waals surface area contributed by atoms with Gasteiger partial charge in [-0.05, 0) is 82.0 Å². The number of rotatable bonds is 6. The van der Waals surface area contributed by atoms with Gasteiger partial charge in [0.1, 0.15) is 11.4 Å². The Kier molecular flexibility index (Phi) is 5.79. The molecule has 4 aromatic carbocycles. The molecule has 0 bridgehead atoms. The molecule has 5 aromatic rings. The SMILES string of the molecule is COc1cc(-c2ccc(-[n+]3nc(-c4ccccc4)nn3-c3ccccc3)c(OC)c2)ccc1C. The quantitative estimate of drug-likeness (QED) is 0.334. The molecule has 0 aliphatic carbocycles. The molecule has 0 amide bonds. The number of tetrazole rings is 1. The Bertz CT molecular complexity index is 1430. The molecule has 0 fully saturated rings. The maximum Gasteiger partial charge on any atom is 0.340 e. The predicted molar refractivity (Wildman–Crippen MR) is 132 cm³/mol. The van der Waals surface area contributed by atoms with Gasteiger partial charge in [0.2, 0.25) is 5.69 Å². The van der Waals surface area contributed by atoms with Crippen molar-refractivity contribution < 1.29 is 14.3 Å². The normalized spacial score (nSPS) is 10.8. The maximum absolute atomic E-state index is 5.81. The summed E-state index contributed by atoms with van der Waals surface area (Å²) in [6.07, 6.45) is 0. The third kappa shape index (κ3) is 4.01. The number of para-hydroxylation sites is 1. The molecule has 0 N–H and O–H groups in total. The summed E-state index contributed by atoms with van der Waals surface area (Å²) in [5, 5.41) is 9.66. The highest BCUT2D eigenvalue weighted by Gasteiger charge is 2.26. The highest BCUT2D eigenvalue weighted by molar-refractivity contribution is 5.69. The summed E-state index contributed by atoms with van der Waals surface area (Å²) in [6.45, 7) is 2.03. The molecule has 6 heteroatoms. The third-order valence-electron chi connectivity index (χ3n) is 5.71. The molecule has 34 heavy (non-hydrogen) atoms. The fourth-order valence-corrected chi connectivity index (χ4v) is 3.89. The van der Waals surface area contributed by atoms with E-state index >= 15 is 0 Å². The Morgan fingerprint density at radius 2 is 1.29 bits per heavy atom. The second-order valence-electron chi connectivity index (χ2n) is 7.88. The molecule has 0 saturated heterocycles. The van der Waals surface area contributed by atoms with Gasteiger partial charge in [0.25, 0.3) is 0 Å². The van der Waals surface area contributed by atoms with Crippen LogP contribution >= 0.6 is 0 Å². The number of ether oxygens (including phenoxy) is 2. The smallest absolute Gasteiger partial charge is 0.340 e. The standard InChI is InChI=1S/C28H25N4O2/c1-20-14-15-22(18-26(20)33-2)23-16-17-25(27(19-23)34-3)32-30-28(21-10-6-4-7-11-21)29-31(32)24-12-8-5-9-13-24/h4-19H,1-3H3/q+1. The molecule has 0 radical (unpaired) electrons. The first-order chi connectivity index (χ1) is 16.7. The number of benzene rings is 4. The maximum atomic E-state index is 5.81. The molecule has 5 rings (SSSR count). The zero-order valence-corrected chi connectivity index (χ0v) is 19.3. The van der Waals surface area contributed by atoms with Crippen LogP contribution in [-0.4, -0.2) is 29.2 Å². The molecule has 0 aliphatic rings. The van der Waals surface area contributed by atoms with Crippen LogP contribution in [0.5, 0.6) is 11.5 Å². The summed E-state index contributed by atoms with van der Waals surface area (Å²) in [6, 6.07) is 32.1. The van der Waals surface area contributed by atoms with Gasteiger partial charge in [0.15, 0.2) is 5.75 Å². The Hall–Kier alpha value is -4.45. The van der Waals surface area contributed by atoms with E-state index in [9.17, 15) is 0 Å². The van der Waals surface area contributed by atoms with Crippen LogP contribution in [0.3, 0.4) is 0 Å². The van der Waals surface area contributed by atoms with E-state index < -0.39 is 0 Å². The topological polar surface area (TPSA) is 53.0 Å². The van der Waals surface area contributed by atoms with Crippen molar-refractivity contribution in [2.75, 3.05) is 14.2 Å². The van der Waals surface area contributed by atoms with Crippen LogP contribution in [0.1, 0.15) is 5.56 Å². The molecule has 1 aromatic heterocycles. The monoisotopic (exact) mass is 449 g/mol. The minimum atomic E-state index is 0.624. The second kappa shape index (κ2) is 9.19. The summed E-state index contributed by atoms with van der Waals surface area (Å²) in [5.41, 5.74) is 5.78. The minimum Gasteiger partial charge on any atom is -0.496 e. The van der Waals surface area contributed by atoms with Gasteiger partial charge in [0, 0.05) is 4.80 Å². The zero-order valence-electron chi connectivity index (χ0n) is 19.3. The van der Waals surface area contributed by atoms with Gasteiger partial charge in [-0.25, -0.2) is 0 Å². The van der Waals surface area contributed by atoms with Crippen LogP contribution in [0.25, 0.3) is 33.9 Å². The van der Waals surface area contributed by atoms with E-state index in [4.69, 9.17) is 19.7 Å². The fourth-order valence-electron chi connectivity index (χ4n) is 3.89. The molecular formula is C28H25N4O2+. The summed E-state index contributed by atoms with van der Waals surface area (Å²) in [4.78, 5) is 3.56. The van der Waals surface area contributed by atoms with Gasteiger partial charge < -0.3 is 9.47 Å². The van der Waals surface area contributed by atoms with Crippen LogP contribution in [0.15, 0.2) is 97.1 Å². The largest absolute Gasteiger partial charge is 0.496 e. The second-order valence-corrected chi connectivity index (χ2v) is 7.88. The number of aryl methyl sites for hydroxylation is 1. The van der Waals surface area contributed by atoms with Gasteiger partial charge in [0.05, 0.1) is 24.9 Å². The highest BCUT2D eigenvalue weighted by atomic mass is 16.5. The number of hydrogen-bond donors (Lipinski definition) is 0. The van der Waals surface area contributed by atoms with Crippen molar-refractivity contribution in [2.24, 2.45) is 0 Å². The van der Waals surface area contributed by atoms with Crippen molar-refractivity contribution in [3.8, 4) is 45.4 Å². The third-order valence-corrected chi connectivity index (χ3v) is 5.71. The summed E-state index contributed by atoms with van der Waals surface area (Å²) >= 11 is 0. The number of aromatic nitrogens is 4. The van der Waals surface area contributed by atoms with Crippen LogP contribution in [-0.2, 0) is 0 Å². The van der Waals surface area contributed by atoms with E-state index in [1.165, 1.54) is 0 Å². The lowest BCUT2D eigenvalue weighted by Gasteiger charge is -2.10. The summed E-state index contributed by atoms with van der Waals surface area (Å²) in [7, 11) is 3.35. The first kappa shape index (κ1) is 21.4. The Morgan fingerprint density at radius 1 is 0.676 bits per heavy atom. The predicted octanol–water partition coefficient (Wildman–Crippen LogP) is 5.20. The van der Waals surface area contributed by atoms with E-state index in [1.54, 1.807) is 23.8 Å². The summed E-state index contributed by atoms with van der Waals surface area (Å²) < 4.78 is 11.3. The lowest BCUT2D eigenvalue weighted by atomic mass is 10.0. The van der Waals surface area contributed by atoms with Crippen molar-refractivity contribution in [2.45, 2.75) is 6.92 Å². The van der Waals surface area contributed by atoms with Crippen LogP contribution in [0.2, 0.25) is 0 Å². The van der Waals surface area contributed by atoms with Gasteiger partial charge in [-0.3, -0.25) is 0 Å². The van der Waals surface area contributed by atoms with E-state index in [-0.39, 0.29) is 0 Å². The molecule has 6 nitrogen and oxygen atoms in total. The molecule has 0 saturated carbocycles. The Balaban J connectivity index is 1.65. The van der Waals surface area contributed by atoms with Crippen molar-refractivity contribution in [3.05, 3.63) is 103 Å². The molecule has 0 aliphatic heterocycles. The first-order valence-corrected chi connectivity index (χ1v) is 11.0. The molecule has 0 spiro atoms. The van der Waals surface area contributed by atoms with E-state index in [1.807, 2.05) is 85.8 Å². The van der Waals surface area contributed by atoms with Crippen LogP contribution in [0.4, 0.5) is 0 Å². The highest BCUT2D eigenvalue weighted by Crippen LogP contribution is 2.31. The van der Waals surface area contributed by atoms with Crippen molar-refractivity contribution in [3.63, 3.8) is 0 Å². The number of nitrogens with zero attached hydrogens (tertiary/aromatic N) is 4. The van der Waals surface area contributed by atoms with Crippen LogP contribution in [0, 0.1) is 6.92 Å². The van der Waals surface area contributed by atoms with Crippen molar-refractivity contribution in [1.82, 2.24) is 15.0 Å². The van der Waals surface area contributed by atoms with E-state index in [0.29, 0.717) is 11.6 Å². The number of hydrogen-bond acceptors (Lipinski definition) is 4. The fraction of sp³-hybridized carbons (Fsp3) is 0.107. The van der Waals surface area contributed by atoms with Gasteiger partial charge in [-0.2, -0.15) is 0 Å².